The Labute approximate surface area is 222 Å². The third-order valence-corrected chi connectivity index (χ3v) is 7.78. The molecule has 0 aliphatic heterocycles. The van der Waals surface area contributed by atoms with Crippen LogP contribution in [0, 0.1) is 6.92 Å². The first-order valence-corrected chi connectivity index (χ1v) is 14.0. The fraction of sp³-hybridized carbons (Fsp3) is 0.417. The summed E-state index contributed by atoms with van der Waals surface area (Å²) in [4.78, 5) is 27.8. The van der Waals surface area contributed by atoms with E-state index in [1.54, 1.807) is 44.2 Å². The molecule has 2 atom stereocenters. The Kier molecular flexibility index (Phi) is 10.3. The third-order valence-electron chi connectivity index (χ3n) is 5.65. The Hall–Kier alpha value is -2.00. The van der Waals surface area contributed by atoms with Gasteiger partial charge in [-0.25, -0.2) is 8.42 Å². The molecule has 0 saturated heterocycles. The standard InChI is InChI=1S/C24H30Cl3N3O4S/c1-6-16(3)28-24(32)17(4)29(13-18-8-9-19(25)11-22(18)27)23(31)14-30(35(5,33)34)20-10-7-15(2)21(26)12-20/h7-12,16-17H,6,13-14H2,1-5H3,(H,28,32)/t16-,17+/m0/s1. The molecule has 0 spiro atoms. The van der Waals surface area contributed by atoms with E-state index in [4.69, 9.17) is 34.8 Å². The zero-order chi connectivity index (χ0) is 26.5. The van der Waals surface area contributed by atoms with Crippen LogP contribution in [0.1, 0.15) is 38.3 Å². The Morgan fingerprint density at radius 2 is 1.69 bits per heavy atom. The number of nitrogens with one attached hydrogen (secondary N) is 1. The minimum absolute atomic E-state index is 0.0177. The fourth-order valence-electron chi connectivity index (χ4n) is 3.23. The molecule has 0 aliphatic rings. The number of carbonyl (C=O) groups excluding carboxylic acids is 2. The maximum atomic E-state index is 13.5. The van der Waals surface area contributed by atoms with Crippen LogP contribution >= 0.6 is 34.8 Å². The summed E-state index contributed by atoms with van der Waals surface area (Å²) in [6, 6.07) is 8.59. The summed E-state index contributed by atoms with van der Waals surface area (Å²) in [5, 5.41) is 4.00. The summed E-state index contributed by atoms with van der Waals surface area (Å²) in [5.74, 6) is -0.938. The summed E-state index contributed by atoms with van der Waals surface area (Å²) in [6.45, 7) is 6.63. The quantitative estimate of drug-likeness (QED) is 0.439. The highest BCUT2D eigenvalue weighted by atomic mass is 35.5. The van der Waals surface area contributed by atoms with Gasteiger partial charge in [0, 0.05) is 27.7 Å². The van der Waals surface area contributed by atoms with E-state index < -0.39 is 28.5 Å². The first kappa shape index (κ1) is 29.2. The molecule has 0 unspecified atom stereocenters. The lowest BCUT2D eigenvalue weighted by molar-refractivity contribution is -0.139. The number of nitrogens with zero attached hydrogens (tertiary/aromatic N) is 2. The third kappa shape index (κ3) is 8.00. The van der Waals surface area contributed by atoms with Crippen LogP contribution in [0.4, 0.5) is 5.69 Å². The molecular formula is C24H30Cl3N3O4S. The summed E-state index contributed by atoms with van der Waals surface area (Å²) in [5.41, 5.74) is 1.58. The molecular weight excluding hydrogens is 533 g/mol. The normalized spacial score (nSPS) is 13.1. The van der Waals surface area contributed by atoms with Crippen molar-refractivity contribution in [2.24, 2.45) is 0 Å². The number of hydrogen-bond donors (Lipinski definition) is 1. The van der Waals surface area contributed by atoms with Crippen molar-refractivity contribution in [2.45, 2.75) is 52.7 Å². The first-order chi connectivity index (χ1) is 16.2. The van der Waals surface area contributed by atoms with Gasteiger partial charge in [-0.1, -0.05) is 53.9 Å². The molecule has 2 rings (SSSR count). The van der Waals surface area contributed by atoms with Crippen molar-refractivity contribution in [3.05, 3.63) is 62.6 Å². The largest absolute Gasteiger partial charge is 0.352 e. The van der Waals surface area contributed by atoms with Crippen molar-refractivity contribution < 1.29 is 18.0 Å². The lowest BCUT2D eigenvalue weighted by atomic mass is 10.1. The number of hydrogen-bond acceptors (Lipinski definition) is 4. The van der Waals surface area contributed by atoms with E-state index in [1.807, 2.05) is 13.8 Å². The lowest BCUT2D eigenvalue weighted by Gasteiger charge is -2.32. The van der Waals surface area contributed by atoms with Gasteiger partial charge < -0.3 is 10.2 Å². The summed E-state index contributed by atoms with van der Waals surface area (Å²) in [7, 11) is -3.85. The molecule has 2 aromatic rings. The number of halogens is 3. The van der Waals surface area contributed by atoms with Gasteiger partial charge in [0.15, 0.2) is 0 Å². The Balaban J connectivity index is 2.44. The average molecular weight is 563 g/mol. The van der Waals surface area contributed by atoms with Crippen LogP contribution in [0.3, 0.4) is 0 Å². The van der Waals surface area contributed by atoms with Gasteiger partial charge in [0.05, 0.1) is 11.9 Å². The second-order valence-corrected chi connectivity index (χ2v) is 11.6. The van der Waals surface area contributed by atoms with Crippen LogP contribution in [0.25, 0.3) is 0 Å². The highest BCUT2D eigenvalue weighted by Crippen LogP contribution is 2.26. The molecule has 35 heavy (non-hydrogen) atoms. The highest BCUT2D eigenvalue weighted by Gasteiger charge is 2.31. The van der Waals surface area contributed by atoms with Gasteiger partial charge in [-0.3, -0.25) is 13.9 Å². The summed E-state index contributed by atoms with van der Waals surface area (Å²) < 4.78 is 26.2. The van der Waals surface area contributed by atoms with Gasteiger partial charge >= 0.3 is 0 Å². The summed E-state index contributed by atoms with van der Waals surface area (Å²) in [6.07, 6.45) is 1.72. The van der Waals surface area contributed by atoms with Crippen LogP contribution in [-0.2, 0) is 26.2 Å². The van der Waals surface area contributed by atoms with Gasteiger partial charge in [0.25, 0.3) is 0 Å². The van der Waals surface area contributed by atoms with Crippen molar-refractivity contribution in [2.75, 3.05) is 17.1 Å². The first-order valence-electron chi connectivity index (χ1n) is 11.0. The van der Waals surface area contributed by atoms with Crippen LogP contribution in [0.5, 0.6) is 0 Å². The minimum Gasteiger partial charge on any atom is -0.352 e. The molecule has 192 valence electrons. The lowest BCUT2D eigenvalue weighted by Crippen LogP contribution is -2.52. The van der Waals surface area contributed by atoms with Crippen LogP contribution in [0.15, 0.2) is 36.4 Å². The molecule has 0 heterocycles. The van der Waals surface area contributed by atoms with Gasteiger partial charge in [-0.05, 0) is 62.6 Å². The van der Waals surface area contributed by atoms with Gasteiger partial charge in [0.2, 0.25) is 21.8 Å². The number of sulfonamides is 1. The van der Waals surface area contributed by atoms with Crippen molar-refractivity contribution in [1.82, 2.24) is 10.2 Å². The van der Waals surface area contributed by atoms with E-state index in [1.165, 1.54) is 11.0 Å². The monoisotopic (exact) mass is 561 g/mol. The maximum Gasteiger partial charge on any atom is 0.244 e. The van der Waals surface area contributed by atoms with Crippen molar-refractivity contribution >= 4 is 62.3 Å². The van der Waals surface area contributed by atoms with E-state index in [9.17, 15) is 18.0 Å². The molecule has 2 aromatic carbocycles. The number of carbonyl (C=O) groups is 2. The fourth-order valence-corrected chi connectivity index (χ4v) is 4.72. The van der Waals surface area contributed by atoms with Crippen LogP contribution in [-0.4, -0.2) is 50.0 Å². The molecule has 0 saturated carbocycles. The van der Waals surface area contributed by atoms with Gasteiger partial charge in [-0.2, -0.15) is 0 Å². The number of anilines is 1. The van der Waals surface area contributed by atoms with Crippen molar-refractivity contribution in [1.29, 1.82) is 0 Å². The molecule has 1 N–H and O–H groups in total. The zero-order valence-corrected chi connectivity index (χ0v) is 23.4. The van der Waals surface area contributed by atoms with E-state index in [0.717, 1.165) is 16.1 Å². The minimum atomic E-state index is -3.85. The molecule has 11 heteroatoms. The molecule has 0 radical (unpaired) electrons. The van der Waals surface area contributed by atoms with Gasteiger partial charge in [0.1, 0.15) is 12.6 Å². The smallest absolute Gasteiger partial charge is 0.244 e. The zero-order valence-electron chi connectivity index (χ0n) is 20.3. The number of rotatable bonds is 10. The number of aryl methyl sites for hydroxylation is 1. The Morgan fingerprint density at radius 1 is 1.03 bits per heavy atom. The summed E-state index contributed by atoms with van der Waals surface area (Å²) >= 11 is 18.5. The van der Waals surface area contributed by atoms with Crippen molar-refractivity contribution in [3.8, 4) is 0 Å². The topological polar surface area (TPSA) is 86.8 Å². The highest BCUT2D eigenvalue weighted by molar-refractivity contribution is 7.92. The van der Waals surface area contributed by atoms with E-state index in [-0.39, 0.29) is 24.2 Å². The van der Waals surface area contributed by atoms with Crippen LogP contribution in [0.2, 0.25) is 15.1 Å². The van der Waals surface area contributed by atoms with E-state index >= 15 is 0 Å². The molecule has 7 nitrogen and oxygen atoms in total. The van der Waals surface area contributed by atoms with Crippen LogP contribution < -0.4 is 9.62 Å². The predicted octanol–water partition coefficient (Wildman–Crippen LogP) is 5.05. The second-order valence-electron chi connectivity index (χ2n) is 8.45. The van der Waals surface area contributed by atoms with E-state index in [2.05, 4.69) is 5.32 Å². The molecule has 0 bridgehead atoms. The molecule has 0 aromatic heterocycles. The van der Waals surface area contributed by atoms with Crippen molar-refractivity contribution in [3.63, 3.8) is 0 Å². The molecule has 0 aliphatic carbocycles. The average Bonchev–Trinajstić information content (AvgIpc) is 2.77. The molecule has 2 amide bonds. The number of amides is 2. The number of benzene rings is 2. The van der Waals surface area contributed by atoms with E-state index in [0.29, 0.717) is 27.1 Å². The Morgan fingerprint density at radius 3 is 2.23 bits per heavy atom. The SMILES string of the molecule is CC[C@H](C)NC(=O)[C@@H](C)N(Cc1ccc(Cl)cc1Cl)C(=O)CN(c1ccc(C)c(Cl)c1)S(C)(=O)=O. The van der Waals surface area contributed by atoms with Gasteiger partial charge in [-0.15, -0.1) is 0 Å². The predicted molar refractivity (Wildman–Crippen MR) is 143 cm³/mol. The second kappa shape index (κ2) is 12.3. The maximum absolute atomic E-state index is 13.5. The Bertz CT molecular complexity index is 1190. The molecule has 0 fully saturated rings.